The molecule has 0 spiro atoms. The van der Waals surface area contributed by atoms with Crippen LogP contribution in [-0.4, -0.2) is 38.2 Å². The smallest absolute Gasteiger partial charge is 0.251 e. The number of carbonyl (C=O) groups is 1. The molecule has 25 heavy (non-hydrogen) atoms. The van der Waals surface area contributed by atoms with Crippen LogP contribution in [0.5, 0.6) is 11.5 Å². The number of anilines is 1. The fraction of sp³-hybridized carbons (Fsp3) is 0.368. The van der Waals surface area contributed by atoms with Crippen LogP contribution in [0.25, 0.3) is 0 Å². The van der Waals surface area contributed by atoms with Gasteiger partial charge in [0.05, 0.1) is 14.2 Å². The molecule has 2 heterocycles. The van der Waals surface area contributed by atoms with Crippen LogP contribution in [0.3, 0.4) is 0 Å². The molecule has 1 aliphatic heterocycles. The zero-order chi connectivity index (χ0) is 17.6. The summed E-state index contributed by atoms with van der Waals surface area (Å²) in [6, 6.07) is 9.09. The Bertz CT molecular complexity index is 742. The number of nitrogens with zero attached hydrogens (tertiary/aromatic N) is 2. The molecule has 1 fully saturated rings. The van der Waals surface area contributed by atoms with E-state index in [1.807, 2.05) is 12.1 Å². The van der Waals surface area contributed by atoms with Gasteiger partial charge in [-0.2, -0.15) is 0 Å². The van der Waals surface area contributed by atoms with Gasteiger partial charge in [-0.15, -0.1) is 0 Å². The Morgan fingerprint density at radius 3 is 2.60 bits per heavy atom. The van der Waals surface area contributed by atoms with Crippen LogP contribution in [0.15, 0.2) is 36.5 Å². The number of hydrogen-bond donors (Lipinski definition) is 1. The van der Waals surface area contributed by atoms with Gasteiger partial charge in [0.15, 0.2) is 11.5 Å². The molecule has 3 rings (SSSR count). The van der Waals surface area contributed by atoms with Crippen molar-refractivity contribution in [3.05, 3.63) is 47.7 Å². The summed E-state index contributed by atoms with van der Waals surface area (Å²) in [4.78, 5) is 19.1. The Morgan fingerprint density at radius 2 is 1.88 bits per heavy atom. The largest absolute Gasteiger partial charge is 0.493 e. The number of benzene rings is 1. The number of hydrogen-bond acceptors (Lipinski definition) is 5. The van der Waals surface area contributed by atoms with Gasteiger partial charge >= 0.3 is 0 Å². The molecule has 0 radical (unpaired) electrons. The summed E-state index contributed by atoms with van der Waals surface area (Å²) in [6.45, 7) is 2.56. The molecule has 1 saturated heterocycles. The lowest BCUT2D eigenvalue weighted by molar-refractivity contribution is 0.0950. The molecule has 0 bridgehead atoms. The summed E-state index contributed by atoms with van der Waals surface area (Å²) in [5.74, 6) is 1.97. The highest BCUT2D eigenvalue weighted by atomic mass is 16.5. The van der Waals surface area contributed by atoms with Crippen molar-refractivity contribution < 1.29 is 14.3 Å². The van der Waals surface area contributed by atoms with E-state index in [9.17, 15) is 4.79 Å². The molecule has 1 aromatic heterocycles. The van der Waals surface area contributed by atoms with Crippen molar-refractivity contribution in [3.63, 3.8) is 0 Å². The minimum Gasteiger partial charge on any atom is -0.493 e. The van der Waals surface area contributed by atoms with Gasteiger partial charge in [-0.3, -0.25) is 4.79 Å². The molecule has 132 valence electrons. The third-order valence-corrected chi connectivity index (χ3v) is 4.34. The number of methoxy groups -OCH3 is 2. The topological polar surface area (TPSA) is 63.7 Å². The van der Waals surface area contributed by atoms with E-state index in [4.69, 9.17) is 9.47 Å². The van der Waals surface area contributed by atoms with E-state index >= 15 is 0 Å². The highest BCUT2D eigenvalue weighted by Gasteiger charge is 2.14. The Hall–Kier alpha value is -2.76. The number of aromatic nitrogens is 1. The maximum absolute atomic E-state index is 12.4. The Morgan fingerprint density at radius 1 is 1.12 bits per heavy atom. The first-order valence-corrected chi connectivity index (χ1v) is 8.41. The highest BCUT2D eigenvalue weighted by Crippen LogP contribution is 2.27. The van der Waals surface area contributed by atoms with E-state index in [-0.39, 0.29) is 5.91 Å². The molecule has 2 aromatic rings. The van der Waals surface area contributed by atoms with Crippen molar-refractivity contribution in [3.8, 4) is 11.5 Å². The number of pyridine rings is 1. The second-order valence-electron chi connectivity index (χ2n) is 5.97. The number of ether oxygens (including phenoxy) is 2. The monoisotopic (exact) mass is 341 g/mol. The highest BCUT2D eigenvalue weighted by molar-refractivity contribution is 5.94. The number of amides is 1. The van der Waals surface area contributed by atoms with Crippen molar-refractivity contribution in [1.29, 1.82) is 0 Å². The molecule has 1 aromatic carbocycles. The second-order valence-corrected chi connectivity index (χ2v) is 5.97. The molecule has 1 amide bonds. The fourth-order valence-corrected chi connectivity index (χ4v) is 2.95. The summed E-state index contributed by atoms with van der Waals surface area (Å²) in [5.41, 5.74) is 1.57. The van der Waals surface area contributed by atoms with Crippen molar-refractivity contribution >= 4 is 11.7 Å². The fourth-order valence-electron chi connectivity index (χ4n) is 2.95. The van der Waals surface area contributed by atoms with Gasteiger partial charge in [-0.05, 0) is 48.7 Å². The molecule has 0 saturated carbocycles. The summed E-state index contributed by atoms with van der Waals surface area (Å²) in [6.07, 6.45) is 4.22. The second kappa shape index (κ2) is 7.88. The van der Waals surface area contributed by atoms with Gasteiger partial charge in [0.25, 0.3) is 5.91 Å². The van der Waals surface area contributed by atoms with Crippen LogP contribution in [0, 0.1) is 0 Å². The van der Waals surface area contributed by atoms with Crippen LogP contribution in [0.2, 0.25) is 0 Å². The lowest BCUT2D eigenvalue weighted by Crippen LogP contribution is -2.23. The normalized spacial score (nSPS) is 13.6. The van der Waals surface area contributed by atoms with E-state index < -0.39 is 0 Å². The molecule has 1 aliphatic rings. The van der Waals surface area contributed by atoms with Crippen LogP contribution < -0.4 is 19.7 Å². The lowest BCUT2D eigenvalue weighted by atomic mass is 10.1. The van der Waals surface area contributed by atoms with E-state index in [0.717, 1.165) is 24.5 Å². The van der Waals surface area contributed by atoms with Crippen LogP contribution in [-0.2, 0) is 6.54 Å². The van der Waals surface area contributed by atoms with Gasteiger partial charge in [-0.1, -0.05) is 0 Å². The third-order valence-electron chi connectivity index (χ3n) is 4.34. The van der Waals surface area contributed by atoms with Crippen molar-refractivity contribution in [2.75, 3.05) is 32.2 Å². The predicted octanol–water partition coefficient (Wildman–Crippen LogP) is 2.63. The number of rotatable bonds is 6. The lowest BCUT2D eigenvalue weighted by Gasteiger charge is -2.17. The summed E-state index contributed by atoms with van der Waals surface area (Å²) in [7, 11) is 3.12. The third kappa shape index (κ3) is 4.02. The molecule has 0 unspecified atom stereocenters. The average molecular weight is 341 g/mol. The van der Waals surface area contributed by atoms with E-state index in [1.165, 1.54) is 12.8 Å². The number of nitrogens with one attached hydrogen (secondary N) is 1. The van der Waals surface area contributed by atoms with Gasteiger partial charge in [-0.25, -0.2) is 4.98 Å². The first-order valence-electron chi connectivity index (χ1n) is 8.41. The van der Waals surface area contributed by atoms with Gasteiger partial charge in [0.2, 0.25) is 0 Å². The Balaban J connectivity index is 1.65. The Labute approximate surface area is 147 Å². The Kier molecular flexibility index (Phi) is 5.38. The SMILES string of the molecule is COc1ccc(C(=O)NCc2ccnc(N3CCCC3)c2)cc1OC. The first kappa shape index (κ1) is 17.1. The standard InChI is InChI=1S/C19H23N3O3/c1-24-16-6-5-15(12-17(16)25-2)19(23)21-13-14-7-8-20-18(11-14)22-9-3-4-10-22/h5-8,11-12H,3-4,9-10,13H2,1-2H3,(H,21,23). The van der Waals surface area contributed by atoms with Crippen molar-refractivity contribution in [2.24, 2.45) is 0 Å². The van der Waals surface area contributed by atoms with Gasteiger partial charge in [0, 0.05) is 31.4 Å². The molecule has 6 nitrogen and oxygen atoms in total. The van der Waals surface area contributed by atoms with E-state index in [1.54, 1.807) is 38.6 Å². The maximum Gasteiger partial charge on any atom is 0.251 e. The van der Waals surface area contributed by atoms with Gasteiger partial charge in [0.1, 0.15) is 5.82 Å². The molecule has 6 heteroatoms. The molecule has 0 aliphatic carbocycles. The summed E-state index contributed by atoms with van der Waals surface area (Å²) in [5, 5.41) is 2.94. The maximum atomic E-state index is 12.4. The van der Waals surface area contributed by atoms with E-state index in [0.29, 0.717) is 23.6 Å². The van der Waals surface area contributed by atoms with Crippen LogP contribution in [0.4, 0.5) is 5.82 Å². The number of carbonyl (C=O) groups excluding carboxylic acids is 1. The minimum atomic E-state index is -0.152. The van der Waals surface area contributed by atoms with E-state index in [2.05, 4.69) is 15.2 Å². The molecular formula is C19H23N3O3. The molecular weight excluding hydrogens is 318 g/mol. The average Bonchev–Trinajstić information content (AvgIpc) is 3.20. The zero-order valence-electron chi connectivity index (χ0n) is 14.6. The van der Waals surface area contributed by atoms with Crippen molar-refractivity contribution in [2.45, 2.75) is 19.4 Å². The van der Waals surface area contributed by atoms with Crippen LogP contribution in [0.1, 0.15) is 28.8 Å². The molecule has 1 N–H and O–H groups in total. The summed E-state index contributed by atoms with van der Waals surface area (Å²) < 4.78 is 10.4. The predicted molar refractivity (Wildman–Crippen MR) is 96.4 cm³/mol. The van der Waals surface area contributed by atoms with Gasteiger partial charge < -0.3 is 19.7 Å². The minimum absolute atomic E-state index is 0.152. The van der Waals surface area contributed by atoms with Crippen molar-refractivity contribution in [1.82, 2.24) is 10.3 Å². The summed E-state index contributed by atoms with van der Waals surface area (Å²) >= 11 is 0. The molecule has 0 atom stereocenters. The quantitative estimate of drug-likeness (QED) is 0.875. The zero-order valence-corrected chi connectivity index (χ0v) is 14.6. The van der Waals surface area contributed by atoms with Crippen LogP contribution >= 0.6 is 0 Å². The first-order chi connectivity index (χ1) is 12.2.